The number of amides is 1. The van der Waals surface area contributed by atoms with E-state index < -0.39 is 0 Å². The van der Waals surface area contributed by atoms with Gasteiger partial charge in [-0.25, -0.2) is 4.98 Å². The van der Waals surface area contributed by atoms with Crippen molar-refractivity contribution >= 4 is 5.91 Å². The maximum atomic E-state index is 11.5. The Labute approximate surface area is 109 Å². The Morgan fingerprint density at radius 2 is 2.26 bits per heavy atom. The van der Waals surface area contributed by atoms with Crippen molar-refractivity contribution in [1.29, 1.82) is 0 Å². The molecule has 2 aromatic rings. The molecule has 19 heavy (non-hydrogen) atoms. The highest BCUT2D eigenvalue weighted by Gasteiger charge is 2.05. The molecule has 100 valence electrons. The largest absolute Gasteiger partial charge is 0.504 e. The lowest BCUT2D eigenvalue weighted by atomic mass is 10.3. The topological polar surface area (TPSA) is 100 Å². The van der Waals surface area contributed by atoms with Crippen molar-refractivity contribution in [2.45, 2.75) is 6.42 Å². The van der Waals surface area contributed by atoms with Crippen LogP contribution in [0.25, 0.3) is 0 Å². The normalized spacial score (nSPS) is 10.1. The van der Waals surface area contributed by atoms with Crippen LogP contribution in [0.5, 0.6) is 11.5 Å². The van der Waals surface area contributed by atoms with Gasteiger partial charge in [0, 0.05) is 13.0 Å². The van der Waals surface area contributed by atoms with E-state index in [1.54, 1.807) is 18.2 Å². The minimum atomic E-state index is -0.261. The third-order valence-electron chi connectivity index (χ3n) is 2.37. The quantitative estimate of drug-likeness (QED) is 0.692. The Bertz CT molecular complexity index is 528. The van der Waals surface area contributed by atoms with Crippen LogP contribution in [0.15, 0.2) is 30.6 Å². The molecular formula is C12H14N4O3. The van der Waals surface area contributed by atoms with Crippen LogP contribution < -0.4 is 10.1 Å². The second-order valence-corrected chi connectivity index (χ2v) is 3.79. The van der Waals surface area contributed by atoms with E-state index in [0.717, 1.165) is 0 Å². The number of aromatic nitrogens is 3. The van der Waals surface area contributed by atoms with E-state index in [2.05, 4.69) is 20.5 Å². The van der Waals surface area contributed by atoms with Gasteiger partial charge in [0.2, 0.25) is 0 Å². The van der Waals surface area contributed by atoms with Crippen LogP contribution in [0.3, 0.4) is 0 Å². The molecule has 0 saturated heterocycles. The number of hydrogen-bond donors (Lipinski definition) is 3. The smallest absolute Gasteiger partial charge is 0.257 e. The van der Waals surface area contributed by atoms with Crippen molar-refractivity contribution in [3.05, 3.63) is 36.4 Å². The van der Waals surface area contributed by atoms with E-state index in [0.29, 0.717) is 18.8 Å². The first kappa shape index (κ1) is 12.9. The number of hydrogen-bond acceptors (Lipinski definition) is 5. The van der Waals surface area contributed by atoms with Crippen molar-refractivity contribution in [1.82, 2.24) is 20.5 Å². The lowest BCUT2D eigenvalue weighted by Crippen LogP contribution is -2.30. The van der Waals surface area contributed by atoms with Crippen molar-refractivity contribution in [2.24, 2.45) is 0 Å². The standard InChI is InChI=1S/C12H14N4O3/c17-9-3-1-2-4-10(9)19-7-12(18)13-6-5-11-14-8-15-16-11/h1-4,8,17H,5-7H2,(H,13,18)(H,14,15,16). The van der Waals surface area contributed by atoms with Crippen molar-refractivity contribution in [3.8, 4) is 11.5 Å². The number of para-hydroxylation sites is 2. The Morgan fingerprint density at radius 3 is 3.00 bits per heavy atom. The molecule has 0 atom stereocenters. The number of phenolic OH excluding ortho intramolecular Hbond substituents is 1. The second-order valence-electron chi connectivity index (χ2n) is 3.79. The minimum Gasteiger partial charge on any atom is -0.504 e. The maximum absolute atomic E-state index is 11.5. The number of benzene rings is 1. The third-order valence-corrected chi connectivity index (χ3v) is 2.37. The van der Waals surface area contributed by atoms with Gasteiger partial charge in [-0.2, -0.15) is 5.10 Å². The van der Waals surface area contributed by atoms with Gasteiger partial charge in [-0.05, 0) is 12.1 Å². The predicted octanol–water partition coefficient (Wildman–Crippen LogP) is 0.248. The van der Waals surface area contributed by atoms with Crippen LogP contribution in [0.1, 0.15) is 5.82 Å². The summed E-state index contributed by atoms with van der Waals surface area (Å²) < 4.78 is 5.19. The molecule has 3 N–H and O–H groups in total. The van der Waals surface area contributed by atoms with Crippen molar-refractivity contribution in [3.63, 3.8) is 0 Å². The Hall–Kier alpha value is -2.57. The summed E-state index contributed by atoms with van der Waals surface area (Å²) >= 11 is 0. The predicted molar refractivity (Wildman–Crippen MR) is 66.7 cm³/mol. The first-order valence-corrected chi connectivity index (χ1v) is 5.77. The summed E-state index contributed by atoms with van der Waals surface area (Å²) in [6.07, 6.45) is 1.99. The van der Waals surface area contributed by atoms with E-state index >= 15 is 0 Å². The van der Waals surface area contributed by atoms with Crippen LogP contribution in [-0.2, 0) is 11.2 Å². The molecule has 0 radical (unpaired) electrons. The van der Waals surface area contributed by atoms with Gasteiger partial charge in [0.1, 0.15) is 12.2 Å². The fraction of sp³-hybridized carbons (Fsp3) is 0.250. The lowest BCUT2D eigenvalue weighted by Gasteiger charge is -2.07. The molecule has 2 rings (SSSR count). The number of nitrogens with one attached hydrogen (secondary N) is 2. The summed E-state index contributed by atoms with van der Waals surface area (Å²) in [5.74, 6) is 0.745. The van der Waals surface area contributed by atoms with Crippen molar-refractivity contribution < 1.29 is 14.6 Å². The van der Waals surface area contributed by atoms with E-state index in [1.165, 1.54) is 12.4 Å². The average molecular weight is 262 g/mol. The summed E-state index contributed by atoms with van der Waals surface area (Å²) in [6, 6.07) is 6.49. The fourth-order valence-corrected chi connectivity index (χ4v) is 1.45. The van der Waals surface area contributed by atoms with E-state index in [1.807, 2.05) is 0 Å². The zero-order chi connectivity index (χ0) is 13.5. The highest BCUT2D eigenvalue weighted by molar-refractivity contribution is 5.77. The highest BCUT2D eigenvalue weighted by Crippen LogP contribution is 2.23. The molecule has 0 fully saturated rings. The van der Waals surface area contributed by atoms with E-state index in [4.69, 9.17) is 4.74 Å². The molecule has 7 nitrogen and oxygen atoms in total. The molecule has 1 heterocycles. The molecule has 7 heteroatoms. The molecule has 0 saturated carbocycles. The van der Waals surface area contributed by atoms with Crippen molar-refractivity contribution in [2.75, 3.05) is 13.2 Å². The number of phenols is 1. The Balaban J connectivity index is 1.69. The first-order valence-electron chi connectivity index (χ1n) is 5.77. The lowest BCUT2D eigenvalue weighted by molar-refractivity contribution is -0.123. The Kier molecular flexibility index (Phi) is 4.33. The van der Waals surface area contributed by atoms with Gasteiger partial charge in [0.15, 0.2) is 18.1 Å². The van der Waals surface area contributed by atoms with Crippen LogP contribution in [0.2, 0.25) is 0 Å². The molecule has 0 spiro atoms. The van der Waals surface area contributed by atoms with Crippen LogP contribution in [0.4, 0.5) is 0 Å². The zero-order valence-electron chi connectivity index (χ0n) is 10.2. The number of aromatic amines is 1. The van der Waals surface area contributed by atoms with Gasteiger partial charge < -0.3 is 15.2 Å². The Morgan fingerprint density at radius 1 is 1.42 bits per heavy atom. The van der Waals surface area contributed by atoms with Crippen LogP contribution in [0, 0.1) is 0 Å². The molecule has 1 aromatic carbocycles. The van der Waals surface area contributed by atoms with Crippen LogP contribution >= 0.6 is 0 Å². The molecular weight excluding hydrogens is 248 g/mol. The number of aromatic hydroxyl groups is 1. The summed E-state index contributed by atoms with van der Waals surface area (Å²) in [4.78, 5) is 15.4. The number of rotatable bonds is 6. The highest BCUT2D eigenvalue weighted by atomic mass is 16.5. The summed E-state index contributed by atoms with van der Waals surface area (Å²) in [7, 11) is 0. The van der Waals surface area contributed by atoms with E-state index in [-0.39, 0.29) is 24.0 Å². The molecule has 0 aliphatic heterocycles. The van der Waals surface area contributed by atoms with E-state index in [9.17, 15) is 9.90 Å². The zero-order valence-corrected chi connectivity index (χ0v) is 10.2. The number of carbonyl (C=O) groups is 1. The number of ether oxygens (including phenoxy) is 1. The first-order chi connectivity index (χ1) is 9.25. The monoisotopic (exact) mass is 262 g/mol. The molecule has 0 bridgehead atoms. The van der Waals surface area contributed by atoms with Gasteiger partial charge in [-0.1, -0.05) is 12.1 Å². The molecule has 1 aromatic heterocycles. The van der Waals surface area contributed by atoms with Gasteiger partial charge in [-0.3, -0.25) is 9.89 Å². The third kappa shape index (κ3) is 3.98. The van der Waals surface area contributed by atoms with Gasteiger partial charge in [0.25, 0.3) is 5.91 Å². The molecule has 0 aliphatic rings. The summed E-state index contributed by atoms with van der Waals surface area (Å²) in [5, 5.41) is 18.5. The number of H-pyrrole nitrogens is 1. The van der Waals surface area contributed by atoms with Gasteiger partial charge in [0.05, 0.1) is 0 Å². The molecule has 1 amide bonds. The van der Waals surface area contributed by atoms with Gasteiger partial charge >= 0.3 is 0 Å². The molecule has 0 aliphatic carbocycles. The SMILES string of the molecule is O=C(COc1ccccc1O)NCCc1ncn[nH]1. The minimum absolute atomic E-state index is 0.0111. The average Bonchev–Trinajstić information content (AvgIpc) is 2.91. The fourth-order valence-electron chi connectivity index (χ4n) is 1.45. The van der Waals surface area contributed by atoms with Gasteiger partial charge in [-0.15, -0.1) is 0 Å². The summed E-state index contributed by atoms with van der Waals surface area (Å²) in [6.45, 7) is 0.298. The maximum Gasteiger partial charge on any atom is 0.257 e. The second kappa shape index (κ2) is 6.39. The number of carbonyl (C=O) groups excluding carboxylic acids is 1. The summed E-state index contributed by atoms with van der Waals surface area (Å²) in [5.41, 5.74) is 0. The van der Waals surface area contributed by atoms with Crippen LogP contribution in [-0.4, -0.2) is 39.3 Å². The number of nitrogens with zero attached hydrogens (tertiary/aromatic N) is 2. The molecule has 0 unspecified atom stereocenters.